The molecular weight excluding hydrogens is 649 g/mol. The number of ether oxygens (including phenoxy) is 3. The van der Waals surface area contributed by atoms with Crippen molar-refractivity contribution in [2.24, 2.45) is 52.3 Å². The largest absolute Gasteiger partial charge is 0.387 e. The van der Waals surface area contributed by atoms with Gasteiger partial charge >= 0.3 is 0 Å². The number of fused-ring (bicyclic) bond motifs is 5. The molecule has 52 heavy (non-hydrogen) atoms. The van der Waals surface area contributed by atoms with E-state index in [9.17, 15) is 15.3 Å². The van der Waals surface area contributed by atoms with Gasteiger partial charge in [0.15, 0.2) is 6.29 Å². The van der Waals surface area contributed by atoms with Gasteiger partial charge in [-0.3, -0.25) is 0 Å². The molecule has 3 saturated carbocycles. The molecule has 14 unspecified atom stereocenters. The van der Waals surface area contributed by atoms with Crippen molar-refractivity contribution in [1.82, 2.24) is 0 Å². The minimum absolute atomic E-state index is 0.0649. The van der Waals surface area contributed by atoms with Crippen LogP contribution < -0.4 is 0 Å². The van der Waals surface area contributed by atoms with Gasteiger partial charge in [-0.1, -0.05) is 124 Å². The Bertz CT molecular complexity index is 1090. The lowest BCUT2D eigenvalue weighted by atomic mass is 9.47. The summed E-state index contributed by atoms with van der Waals surface area (Å²) < 4.78 is 18.5. The standard InChI is InChI=1S/C46H82O6/c1-8-10-11-12-13-14-15-16-17-28-50-30-40-41(47)42(48)43(49)44(52-40)51-35-24-26-45(6)34(29-35)20-21-36-38-23-22-37(46(38,7)27-25-39(36)45)32(5)18-19-33(9-2)31(3)4/h20,31-33,35-44,47-49H,8-19,21-30H2,1-7H3. The summed E-state index contributed by atoms with van der Waals surface area (Å²) in [6.07, 6.45) is 22.1. The van der Waals surface area contributed by atoms with Crippen LogP contribution in [0.5, 0.6) is 0 Å². The molecule has 3 N–H and O–H groups in total. The fourth-order valence-corrected chi connectivity index (χ4v) is 12.5. The molecule has 302 valence electrons. The number of hydrogen-bond acceptors (Lipinski definition) is 6. The van der Waals surface area contributed by atoms with Crippen LogP contribution in [0, 0.1) is 52.3 Å². The molecule has 4 aliphatic carbocycles. The Labute approximate surface area is 319 Å². The molecule has 0 aromatic rings. The van der Waals surface area contributed by atoms with Crippen molar-refractivity contribution in [3.05, 3.63) is 11.6 Å². The number of unbranched alkanes of at least 4 members (excludes halogenated alkanes) is 8. The first-order chi connectivity index (χ1) is 24.9. The lowest BCUT2D eigenvalue weighted by Gasteiger charge is -2.58. The van der Waals surface area contributed by atoms with Gasteiger partial charge in [-0.15, -0.1) is 0 Å². The van der Waals surface area contributed by atoms with Crippen LogP contribution in [-0.4, -0.2) is 65.3 Å². The van der Waals surface area contributed by atoms with Crippen LogP contribution in [0.1, 0.15) is 177 Å². The van der Waals surface area contributed by atoms with E-state index < -0.39 is 30.7 Å². The molecule has 6 nitrogen and oxygen atoms in total. The smallest absolute Gasteiger partial charge is 0.186 e. The van der Waals surface area contributed by atoms with Crippen molar-refractivity contribution in [2.75, 3.05) is 13.2 Å². The minimum Gasteiger partial charge on any atom is -0.387 e. The number of aliphatic hydroxyl groups excluding tert-OH is 3. The van der Waals surface area contributed by atoms with E-state index in [4.69, 9.17) is 14.2 Å². The average Bonchev–Trinajstić information content (AvgIpc) is 3.49. The molecule has 1 aliphatic heterocycles. The predicted octanol–water partition coefficient (Wildman–Crippen LogP) is 10.4. The van der Waals surface area contributed by atoms with E-state index in [-0.39, 0.29) is 18.1 Å². The summed E-state index contributed by atoms with van der Waals surface area (Å²) >= 11 is 0. The first-order valence-electron chi connectivity index (χ1n) is 22.6. The highest BCUT2D eigenvalue weighted by molar-refractivity contribution is 5.25. The van der Waals surface area contributed by atoms with Crippen molar-refractivity contribution in [3.8, 4) is 0 Å². The molecule has 1 saturated heterocycles. The van der Waals surface area contributed by atoms with E-state index >= 15 is 0 Å². The van der Waals surface area contributed by atoms with Crippen molar-refractivity contribution in [2.45, 2.75) is 214 Å². The Hall–Kier alpha value is -0.500. The number of hydrogen-bond donors (Lipinski definition) is 3. The summed E-state index contributed by atoms with van der Waals surface area (Å²) in [4.78, 5) is 0. The molecule has 14 atom stereocenters. The van der Waals surface area contributed by atoms with Crippen LogP contribution in [0.2, 0.25) is 0 Å². The van der Waals surface area contributed by atoms with Crippen LogP contribution >= 0.6 is 0 Å². The quantitative estimate of drug-likeness (QED) is 0.0854. The van der Waals surface area contributed by atoms with Crippen LogP contribution in [0.4, 0.5) is 0 Å². The Morgan fingerprint density at radius 1 is 0.808 bits per heavy atom. The second kappa shape index (κ2) is 19.6. The van der Waals surface area contributed by atoms with Gasteiger partial charge in [0, 0.05) is 6.61 Å². The van der Waals surface area contributed by atoms with Gasteiger partial charge in [0.1, 0.15) is 24.4 Å². The maximum atomic E-state index is 10.9. The molecule has 0 aromatic carbocycles. The highest BCUT2D eigenvalue weighted by Crippen LogP contribution is 2.67. The zero-order valence-corrected chi connectivity index (χ0v) is 34.7. The second-order valence-electron chi connectivity index (χ2n) is 19.4. The van der Waals surface area contributed by atoms with Crippen molar-refractivity contribution >= 4 is 0 Å². The lowest BCUT2D eigenvalue weighted by Crippen LogP contribution is -2.60. The van der Waals surface area contributed by atoms with Crippen LogP contribution in [0.3, 0.4) is 0 Å². The minimum atomic E-state index is -1.32. The van der Waals surface area contributed by atoms with Crippen molar-refractivity contribution < 1.29 is 29.5 Å². The average molecular weight is 731 g/mol. The van der Waals surface area contributed by atoms with Gasteiger partial charge in [0.05, 0.1) is 12.7 Å². The van der Waals surface area contributed by atoms with Gasteiger partial charge in [0.2, 0.25) is 0 Å². The van der Waals surface area contributed by atoms with Gasteiger partial charge in [-0.05, 0) is 116 Å². The lowest BCUT2D eigenvalue weighted by molar-refractivity contribution is -0.314. The van der Waals surface area contributed by atoms with E-state index in [1.807, 2.05) is 0 Å². The summed E-state index contributed by atoms with van der Waals surface area (Å²) in [5.41, 5.74) is 2.24. The predicted molar refractivity (Wildman–Crippen MR) is 212 cm³/mol. The molecule has 5 aliphatic rings. The number of aliphatic hydroxyl groups is 3. The van der Waals surface area contributed by atoms with Gasteiger partial charge in [-0.2, -0.15) is 0 Å². The first-order valence-corrected chi connectivity index (χ1v) is 22.6. The van der Waals surface area contributed by atoms with Crippen LogP contribution in [-0.2, 0) is 14.2 Å². The van der Waals surface area contributed by atoms with E-state index in [1.165, 1.54) is 96.3 Å². The normalized spacial score (nSPS) is 40.2. The van der Waals surface area contributed by atoms with Crippen LogP contribution in [0.15, 0.2) is 11.6 Å². The Morgan fingerprint density at radius 3 is 2.21 bits per heavy atom. The topological polar surface area (TPSA) is 88.4 Å². The highest BCUT2D eigenvalue weighted by Gasteiger charge is 2.59. The summed E-state index contributed by atoms with van der Waals surface area (Å²) in [5.74, 6) is 5.71. The number of allylic oxidation sites excluding steroid dienone is 1. The first kappa shape index (κ1) is 42.6. The molecule has 5 rings (SSSR count). The molecule has 4 fully saturated rings. The molecule has 0 spiro atoms. The van der Waals surface area contributed by atoms with Gasteiger partial charge in [-0.25, -0.2) is 0 Å². The van der Waals surface area contributed by atoms with E-state index in [1.54, 1.807) is 5.57 Å². The summed E-state index contributed by atoms with van der Waals surface area (Å²) in [6.45, 7) is 18.1. The monoisotopic (exact) mass is 731 g/mol. The Balaban J connectivity index is 1.10. The third-order valence-electron chi connectivity index (χ3n) is 15.9. The molecule has 1 heterocycles. The molecular formula is C46H82O6. The number of rotatable bonds is 20. The maximum Gasteiger partial charge on any atom is 0.186 e. The van der Waals surface area contributed by atoms with Gasteiger partial charge < -0.3 is 29.5 Å². The van der Waals surface area contributed by atoms with E-state index in [0.717, 1.165) is 73.5 Å². The van der Waals surface area contributed by atoms with E-state index in [0.29, 0.717) is 12.0 Å². The van der Waals surface area contributed by atoms with Gasteiger partial charge in [0.25, 0.3) is 0 Å². The molecule has 0 radical (unpaired) electrons. The SMILES string of the molecule is CCCCCCCCCCCOCC1OC(OC2CCC3(C)C(=CCC4C3CCC3(C)C(C(C)CCC(CC)C(C)C)CCC43)C2)C(O)C(O)C1O. The second-order valence-corrected chi connectivity index (χ2v) is 19.4. The third-order valence-corrected chi connectivity index (χ3v) is 15.9. The third kappa shape index (κ3) is 9.71. The fourth-order valence-electron chi connectivity index (χ4n) is 12.5. The van der Waals surface area contributed by atoms with Crippen LogP contribution in [0.25, 0.3) is 0 Å². The zero-order valence-electron chi connectivity index (χ0n) is 34.7. The maximum absolute atomic E-state index is 10.9. The van der Waals surface area contributed by atoms with Crippen molar-refractivity contribution in [1.29, 1.82) is 0 Å². The summed E-state index contributed by atoms with van der Waals surface area (Å²) in [6, 6.07) is 0. The van der Waals surface area contributed by atoms with Crippen molar-refractivity contribution in [3.63, 3.8) is 0 Å². The highest BCUT2D eigenvalue weighted by atomic mass is 16.7. The van der Waals surface area contributed by atoms with E-state index in [2.05, 4.69) is 54.5 Å². The fraction of sp³-hybridized carbons (Fsp3) is 0.957. The zero-order chi connectivity index (χ0) is 37.5. The Morgan fingerprint density at radius 2 is 1.52 bits per heavy atom. The molecule has 0 amide bonds. The Kier molecular flexibility index (Phi) is 16.1. The summed E-state index contributed by atoms with van der Waals surface area (Å²) in [7, 11) is 0. The summed E-state index contributed by atoms with van der Waals surface area (Å²) in [5, 5.41) is 32.4. The molecule has 6 heteroatoms. The molecule has 0 aromatic heterocycles. The molecule has 0 bridgehead atoms.